The summed E-state index contributed by atoms with van der Waals surface area (Å²) in [6, 6.07) is 9.78. The normalized spacial score (nSPS) is 9.78. The molecule has 0 atom stereocenters. The number of amides is 1. The number of hydrogen-bond donors (Lipinski definition) is 0. The largest absolute Gasteiger partial charge is 1.00 e. The van der Waals surface area contributed by atoms with Crippen LogP contribution in [0, 0.1) is 19.3 Å². The number of hydrogen-bond acceptors (Lipinski definition) is 3. The molecule has 0 unspecified atom stereocenters. The van der Waals surface area contributed by atoms with E-state index >= 15 is 0 Å². The van der Waals surface area contributed by atoms with Crippen LogP contribution in [0.2, 0.25) is 0 Å². The maximum atomic E-state index is 11.3. The van der Waals surface area contributed by atoms with Crippen molar-refractivity contribution < 1.29 is 28.4 Å². The van der Waals surface area contributed by atoms with E-state index in [0.29, 0.717) is 18.0 Å². The zero-order valence-corrected chi connectivity index (χ0v) is 15.2. The number of nitrogens with zero attached hydrogens (tertiary/aromatic N) is 1. The maximum Gasteiger partial charge on any atom is 1.00 e. The molecule has 1 aromatic heterocycles. The molecule has 0 aliphatic heterocycles. The minimum Gasteiger partial charge on any atom is -0.417 e. The third kappa shape index (κ3) is 6.91. The van der Waals surface area contributed by atoms with Crippen molar-refractivity contribution in [3.05, 3.63) is 48.6 Å². The maximum absolute atomic E-state index is 11.3. The van der Waals surface area contributed by atoms with E-state index in [9.17, 15) is 9.59 Å². The Morgan fingerprint density at radius 3 is 2.52 bits per heavy atom. The quantitative estimate of drug-likeness (QED) is 0.605. The van der Waals surface area contributed by atoms with Gasteiger partial charge in [-0.1, -0.05) is 37.4 Å². The van der Waals surface area contributed by atoms with E-state index in [1.807, 2.05) is 63.8 Å². The smallest absolute Gasteiger partial charge is 0.417 e. The average molecular weight is 323 g/mol. The fourth-order valence-electron chi connectivity index (χ4n) is 1.91. The summed E-state index contributed by atoms with van der Waals surface area (Å²) >= 11 is 1.47. The van der Waals surface area contributed by atoms with Crippen molar-refractivity contribution in [2.24, 2.45) is 5.92 Å². The first kappa shape index (κ1) is 21.9. The predicted molar refractivity (Wildman–Crippen MR) is 93.4 cm³/mol. The SMILES string of the molecule is O=[C-]c1cc2ccccc2s1.[CH2-]CN(C[CH-]C)C(=O)C(C)C.[Li+]. The van der Waals surface area contributed by atoms with Gasteiger partial charge in [0.2, 0.25) is 5.91 Å². The molecule has 0 N–H and O–H groups in total. The van der Waals surface area contributed by atoms with Gasteiger partial charge in [0, 0.05) is 16.9 Å². The van der Waals surface area contributed by atoms with Gasteiger partial charge in [0.1, 0.15) is 0 Å². The molecule has 0 aliphatic carbocycles. The van der Waals surface area contributed by atoms with Gasteiger partial charge in [0.15, 0.2) is 0 Å². The van der Waals surface area contributed by atoms with Crippen LogP contribution in [0.25, 0.3) is 10.1 Å². The molecule has 2 aromatic rings. The fraction of sp³-hybridized carbons (Fsp3) is 0.333. The van der Waals surface area contributed by atoms with Gasteiger partial charge in [0.05, 0.1) is 0 Å². The van der Waals surface area contributed by atoms with E-state index in [4.69, 9.17) is 0 Å². The molecule has 2 rings (SSSR count). The Balaban J connectivity index is 0.000000403. The van der Waals surface area contributed by atoms with Gasteiger partial charge in [-0.05, 0) is 6.07 Å². The number of thiophene rings is 1. The van der Waals surface area contributed by atoms with Crippen molar-refractivity contribution in [1.82, 2.24) is 4.90 Å². The Kier molecular flexibility index (Phi) is 10.9. The molecule has 1 heterocycles. The van der Waals surface area contributed by atoms with Crippen molar-refractivity contribution in [3.63, 3.8) is 0 Å². The van der Waals surface area contributed by atoms with E-state index in [1.54, 1.807) is 4.90 Å². The van der Waals surface area contributed by atoms with E-state index < -0.39 is 0 Å². The third-order valence-corrected chi connectivity index (χ3v) is 4.02. The van der Waals surface area contributed by atoms with Gasteiger partial charge in [0.25, 0.3) is 0 Å². The Morgan fingerprint density at radius 1 is 1.39 bits per heavy atom. The summed E-state index contributed by atoms with van der Waals surface area (Å²) in [5.41, 5.74) is 0. The van der Waals surface area contributed by atoms with E-state index in [0.717, 1.165) is 10.1 Å². The standard InChI is InChI=1S/C9H17NO.C9H5OS.Li/c1-5-7-10(6-2)9(11)8(3)4;10-6-8-5-7-3-1-2-4-9(7)11-8;/h5,8H,2,6-7H2,1,3-4H3;1-5H;/q-2;-1;+1. The van der Waals surface area contributed by atoms with E-state index in [2.05, 4.69) is 6.92 Å². The zero-order valence-electron chi connectivity index (χ0n) is 14.3. The predicted octanol–water partition coefficient (Wildman–Crippen LogP) is 0.892. The molecule has 0 fully saturated rings. The topological polar surface area (TPSA) is 37.4 Å². The van der Waals surface area contributed by atoms with Crippen molar-refractivity contribution in [3.8, 4) is 0 Å². The first-order chi connectivity index (χ1) is 10.5. The number of fused-ring (bicyclic) bond motifs is 1. The van der Waals surface area contributed by atoms with Crippen molar-refractivity contribution >= 4 is 33.6 Å². The van der Waals surface area contributed by atoms with Crippen molar-refractivity contribution in [1.29, 1.82) is 0 Å². The molecule has 0 saturated heterocycles. The van der Waals surface area contributed by atoms with Gasteiger partial charge < -0.3 is 23.0 Å². The fourth-order valence-corrected chi connectivity index (χ4v) is 2.77. The van der Waals surface area contributed by atoms with Crippen LogP contribution in [0.15, 0.2) is 30.3 Å². The molecule has 0 radical (unpaired) electrons. The van der Waals surface area contributed by atoms with Crippen LogP contribution in [0.4, 0.5) is 0 Å². The average Bonchev–Trinajstić information content (AvgIpc) is 2.95. The summed E-state index contributed by atoms with van der Waals surface area (Å²) in [7, 11) is 0. The summed E-state index contributed by atoms with van der Waals surface area (Å²) in [4.78, 5) is 24.0. The molecule has 5 heteroatoms. The second-order valence-electron chi connectivity index (χ2n) is 5.10. The van der Waals surface area contributed by atoms with Crippen molar-refractivity contribution in [2.75, 3.05) is 13.1 Å². The molecular formula is C18H22LiNO2S-2. The second kappa shape index (κ2) is 11.5. The Bertz CT molecular complexity index is 577. The Hall–Kier alpha value is -1.08. The van der Waals surface area contributed by atoms with Gasteiger partial charge in [-0.25, -0.2) is 0 Å². The summed E-state index contributed by atoms with van der Waals surface area (Å²) in [6.07, 6.45) is 3.85. The van der Waals surface area contributed by atoms with Crippen LogP contribution in [0.5, 0.6) is 0 Å². The van der Waals surface area contributed by atoms with Crippen LogP contribution in [-0.2, 0) is 9.59 Å². The molecule has 1 aromatic carbocycles. The minimum absolute atomic E-state index is 0. The first-order valence-corrected chi connectivity index (χ1v) is 8.07. The monoisotopic (exact) mass is 323 g/mol. The molecule has 0 spiro atoms. The van der Waals surface area contributed by atoms with Gasteiger partial charge in [-0.15, -0.1) is 18.0 Å². The summed E-state index contributed by atoms with van der Waals surface area (Å²) in [5.74, 6) is 0.259. The molecular weight excluding hydrogens is 301 g/mol. The number of carbonyl (C=O) groups excluding carboxylic acids is 2. The molecule has 3 nitrogen and oxygen atoms in total. The summed E-state index contributed by atoms with van der Waals surface area (Å²) in [5, 5.41) is 1.12. The molecule has 0 aliphatic rings. The molecule has 0 bridgehead atoms. The van der Waals surface area contributed by atoms with E-state index in [1.165, 1.54) is 11.3 Å². The van der Waals surface area contributed by atoms with Crippen LogP contribution >= 0.6 is 11.3 Å². The van der Waals surface area contributed by atoms with Gasteiger partial charge in [-0.2, -0.15) is 24.3 Å². The Morgan fingerprint density at radius 2 is 2.04 bits per heavy atom. The molecule has 1 amide bonds. The molecule has 0 saturated carbocycles. The zero-order chi connectivity index (χ0) is 16.5. The van der Waals surface area contributed by atoms with Crippen LogP contribution < -0.4 is 18.9 Å². The van der Waals surface area contributed by atoms with Crippen LogP contribution in [-0.4, -0.2) is 30.2 Å². The number of carbonyl (C=O) groups is 1. The third-order valence-electron chi connectivity index (χ3n) is 3.00. The van der Waals surface area contributed by atoms with Crippen molar-refractivity contribution in [2.45, 2.75) is 20.8 Å². The first-order valence-electron chi connectivity index (χ1n) is 7.26. The minimum atomic E-state index is 0. The van der Waals surface area contributed by atoms with Crippen LogP contribution in [0.3, 0.4) is 0 Å². The van der Waals surface area contributed by atoms with Crippen LogP contribution in [0.1, 0.15) is 25.6 Å². The number of benzene rings is 1. The number of rotatable bonds is 5. The van der Waals surface area contributed by atoms with Gasteiger partial charge >= 0.3 is 18.9 Å². The summed E-state index contributed by atoms with van der Waals surface area (Å²) in [6.45, 7) is 10.7. The second-order valence-corrected chi connectivity index (χ2v) is 6.18. The van der Waals surface area contributed by atoms with E-state index in [-0.39, 0.29) is 30.7 Å². The Labute approximate surface area is 155 Å². The molecule has 120 valence electrons. The summed E-state index contributed by atoms with van der Waals surface area (Å²) < 4.78 is 1.14. The molecule has 23 heavy (non-hydrogen) atoms. The van der Waals surface area contributed by atoms with Gasteiger partial charge in [-0.3, -0.25) is 4.79 Å².